The zero-order valence-corrected chi connectivity index (χ0v) is 15.9. The van der Waals surface area contributed by atoms with Crippen LogP contribution in [0.5, 0.6) is 0 Å². The van der Waals surface area contributed by atoms with E-state index in [0.29, 0.717) is 0 Å². The Kier molecular flexibility index (Phi) is 7.84. The van der Waals surface area contributed by atoms with Crippen molar-refractivity contribution in [1.82, 2.24) is 0 Å². The zero-order chi connectivity index (χ0) is 16.6. The first kappa shape index (κ1) is 19.2. The van der Waals surface area contributed by atoms with Crippen molar-refractivity contribution in [3.63, 3.8) is 0 Å². The summed E-state index contributed by atoms with van der Waals surface area (Å²) in [5.74, 6) is 0. The van der Waals surface area contributed by atoms with Crippen LogP contribution in [0.2, 0.25) is 0 Å². The Hall–Kier alpha value is -0.120. The minimum Gasteiger partial charge on any atom is -0.345 e. The number of unbranched alkanes of at least 4 members (excludes halogenated alkanes) is 2. The fourth-order valence-electron chi connectivity index (χ4n) is 5.05. The van der Waals surface area contributed by atoms with Gasteiger partial charge in [-0.3, -0.25) is 4.48 Å². The molecule has 2 fully saturated rings. The van der Waals surface area contributed by atoms with E-state index in [9.17, 15) is 5.11 Å². The van der Waals surface area contributed by atoms with Gasteiger partial charge < -0.3 is 9.59 Å². The Balaban J connectivity index is 1.81. The molecule has 0 aliphatic carbocycles. The molecule has 1 N–H and O–H groups in total. The lowest BCUT2D eigenvalue weighted by Crippen LogP contribution is -2.54. The summed E-state index contributed by atoms with van der Waals surface area (Å²) in [6, 6.07) is 0. The smallest absolute Gasteiger partial charge is 0.190 e. The van der Waals surface area contributed by atoms with E-state index in [1.54, 1.807) is 0 Å². The molecule has 0 aromatic carbocycles. The quantitative estimate of drug-likeness (QED) is 0.571. The Bertz CT molecular complexity index is 320. The van der Waals surface area contributed by atoms with Gasteiger partial charge in [0.2, 0.25) is 0 Å². The van der Waals surface area contributed by atoms with Crippen LogP contribution in [0.15, 0.2) is 0 Å². The molecule has 23 heavy (non-hydrogen) atoms. The molecule has 1 atom stereocenters. The van der Waals surface area contributed by atoms with Gasteiger partial charge in [-0.1, -0.05) is 26.7 Å². The Morgan fingerprint density at radius 1 is 0.739 bits per heavy atom. The molecule has 0 aromatic heterocycles. The first-order valence-electron chi connectivity index (χ1n) is 10.6. The van der Waals surface area contributed by atoms with Crippen LogP contribution < -0.4 is 0 Å². The summed E-state index contributed by atoms with van der Waals surface area (Å²) in [5, 5.41) is 10.9. The van der Waals surface area contributed by atoms with Gasteiger partial charge in [-0.25, -0.2) is 0 Å². The van der Waals surface area contributed by atoms with Gasteiger partial charge in [-0.15, -0.1) is 0 Å². The Labute approximate surface area is 144 Å². The number of aliphatic hydroxyl groups is 1. The van der Waals surface area contributed by atoms with Gasteiger partial charge in [-0.2, -0.15) is 0 Å². The molecule has 2 saturated heterocycles. The second kappa shape index (κ2) is 9.39. The van der Waals surface area contributed by atoms with Gasteiger partial charge in [0.25, 0.3) is 0 Å². The highest BCUT2D eigenvalue weighted by Gasteiger charge is 2.39. The lowest BCUT2D eigenvalue weighted by Gasteiger charge is -2.40. The molecular weight excluding hydrogens is 284 g/mol. The van der Waals surface area contributed by atoms with E-state index in [1.165, 1.54) is 108 Å². The number of likely N-dealkylation sites (tertiary alicyclic amines) is 2. The minimum absolute atomic E-state index is 0.0992. The van der Waals surface area contributed by atoms with E-state index in [1.807, 2.05) is 0 Å². The topological polar surface area (TPSA) is 20.2 Å². The molecule has 1 unspecified atom stereocenters. The molecule has 0 bridgehead atoms. The zero-order valence-electron chi connectivity index (χ0n) is 15.9. The molecule has 2 heterocycles. The number of hydrogen-bond acceptors (Lipinski definition) is 1. The van der Waals surface area contributed by atoms with Gasteiger partial charge in [0.05, 0.1) is 45.8 Å². The molecule has 0 saturated carbocycles. The first-order chi connectivity index (χ1) is 11.2. The van der Waals surface area contributed by atoms with E-state index in [-0.39, 0.29) is 6.23 Å². The summed E-state index contributed by atoms with van der Waals surface area (Å²) in [7, 11) is 0. The maximum absolute atomic E-state index is 10.9. The highest BCUT2D eigenvalue weighted by Crippen LogP contribution is 2.27. The van der Waals surface area contributed by atoms with Gasteiger partial charge in [0.15, 0.2) is 6.23 Å². The van der Waals surface area contributed by atoms with Crippen LogP contribution in [0.4, 0.5) is 0 Å². The third-order valence-electron chi connectivity index (χ3n) is 6.64. The van der Waals surface area contributed by atoms with Crippen molar-refractivity contribution in [2.45, 2.75) is 84.3 Å². The van der Waals surface area contributed by atoms with Gasteiger partial charge in [0, 0.05) is 38.5 Å². The van der Waals surface area contributed by atoms with E-state index in [4.69, 9.17) is 0 Å². The van der Waals surface area contributed by atoms with Crippen LogP contribution in [-0.2, 0) is 0 Å². The summed E-state index contributed by atoms with van der Waals surface area (Å²) in [6.45, 7) is 13.7. The SMILES string of the molecule is CCCC[N+]1(CCCC(O)[N+]2(CCCC)CCCC2)CCCC1. The Morgan fingerprint density at radius 3 is 1.87 bits per heavy atom. The summed E-state index contributed by atoms with van der Waals surface area (Å²) in [6.07, 6.45) is 12.8. The van der Waals surface area contributed by atoms with Crippen molar-refractivity contribution in [2.24, 2.45) is 0 Å². The van der Waals surface area contributed by atoms with Crippen LogP contribution in [0.3, 0.4) is 0 Å². The molecule has 0 spiro atoms. The van der Waals surface area contributed by atoms with E-state index < -0.39 is 0 Å². The lowest BCUT2D eigenvalue weighted by atomic mass is 10.1. The van der Waals surface area contributed by atoms with Crippen molar-refractivity contribution in [2.75, 3.05) is 45.8 Å². The molecule has 2 aliphatic heterocycles. The van der Waals surface area contributed by atoms with E-state index in [0.717, 1.165) is 10.9 Å². The largest absolute Gasteiger partial charge is 0.345 e. The van der Waals surface area contributed by atoms with Crippen molar-refractivity contribution >= 4 is 0 Å². The van der Waals surface area contributed by atoms with Gasteiger partial charge in [0.1, 0.15) is 0 Å². The fourth-order valence-corrected chi connectivity index (χ4v) is 5.05. The summed E-state index contributed by atoms with van der Waals surface area (Å²) in [5.41, 5.74) is 0. The number of rotatable bonds is 11. The molecule has 0 amide bonds. The number of hydrogen-bond donors (Lipinski definition) is 1. The highest BCUT2D eigenvalue weighted by atomic mass is 16.3. The lowest BCUT2D eigenvalue weighted by molar-refractivity contribution is -0.962. The summed E-state index contributed by atoms with van der Waals surface area (Å²) < 4.78 is 2.37. The molecule has 2 aliphatic rings. The van der Waals surface area contributed by atoms with Gasteiger partial charge >= 0.3 is 0 Å². The van der Waals surface area contributed by atoms with Crippen LogP contribution in [-0.4, -0.2) is 66.1 Å². The van der Waals surface area contributed by atoms with Crippen molar-refractivity contribution in [3.05, 3.63) is 0 Å². The van der Waals surface area contributed by atoms with Crippen LogP contribution in [0.25, 0.3) is 0 Å². The maximum Gasteiger partial charge on any atom is 0.190 e. The fraction of sp³-hybridized carbons (Fsp3) is 1.00. The summed E-state index contributed by atoms with van der Waals surface area (Å²) in [4.78, 5) is 0. The predicted octanol–water partition coefficient (Wildman–Crippen LogP) is 3.91. The molecule has 0 radical (unpaired) electrons. The molecule has 136 valence electrons. The van der Waals surface area contributed by atoms with Crippen molar-refractivity contribution in [1.29, 1.82) is 0 Å². The van der Waals surface area contributed by atoms with Crippen molar-refractivity contribution in [3.8, 4) is 0 Å². The van der Waals surface area contributed by atoms with Crippen molar-refractivity contribution < 1.29 is 14.1 Å². The molecule has 3 nitrogen and oxygen atoms in total. The number of aliphatic hydroxyl groups excluding tert-OH is 1. The standard InChI is InChI=1S/C20H42N2O/c1-3-5-13-21(14-7-8-15-21)16-11-12-20(23)22(17-6-4-2)18-9-10-19-22/h20,23H,3-19H2,1-2H3/q+2. The highest BCUT2D eigenvalue weighted by molar-refractivity contribution is 4.61. The normalized spacial score (nSPS) is 24.1. The second-order valence-electron chi connectivity index (χ2n) is 8.37. The molecule has 2 rings (SSSR count). The predicted molar refractivity (Wildman–Crippen MR) is 98.1 cm³/mol. The van der Waals surface area contributed by atoms with Crippen LogP contribution in [0, 0.1) is 0 Å². The van der Waals surface area contributed by atoms with Crippen LogP contribution in [0.1, 0.15) is 78.1 Å². The average Bonchev–Trinajstić information content (AvgIpc) is 3.22. The first-order valence-corrected chi connectivity index (χ1v) is 10.6. The molecule has 3 heteroatoms. The molecule has 0 aromatic rings. The molecular formula is C20H42N2O+2. The number of nitrogens with zero attached hydrogens (tertiary/aromatic N) is 2. The third kappa shape index (κ3) is 5.17. The monoisotopic (exact) mass is 326 g/mol. The average molecular weight is 327 g/mol. The second-order valence-corrected chi connectivity index (χ2v) is 8.37. The Morgan fingerprint density at radius 2 is 1.26 bits per heavy atom. The minimum atomic E-state index is -0.0992. The van der Waals surface area contributed by atoms with Crippen LogP contribution >= 0.6 is 0 Å². The van der Waals surface area contributed by atoms with Gasteiger partial charge in [-0.05, 0) is 12.8 Å². The summed E-state index contributed by atoms with van der Waals surface area (Å²) >= 11 is 0. The van der Waals surface area contributed by atoms with E-state index >= 15 is 0 Å². The maximum atomic E-state index is 10.9. The third-order valence-corrected chi connectivity index (χ3v) is 6.64. The van der Waals surface area contributed by atoms with E-state index in [2.05, 4.69) is 13.8 Å². The number of quaternary nitrogens is 2.